The Kier molecular flexibility index (Phi) is 3.43. The van der Waals surface area contributed by atoms with Gasteiger partial charge in [-0.3, -0.25) is 0 Å². The predicted octanol–water partition coefficient (Wildman–Crippen LogP) is 4.45. The number of esters is 1. The lowest BCUT2D eigenvalue weighted by Gasteiger charge is -2.15. The highest BCUT2D eigenvalue weighted by atomic mass is 35.5. The Labute approximate surface area is 139 Å². The lowest BCUT2D eigenvalue weighted by molar-refractivity contribution is 0.0445. The molecule has 0 bridgehead atoms. The molecule has 2 heterocycles. The molecule has 0 saturated carbocycles. The minimum Gasteiger partial charge on any atom is -0.447 e. The molecule has 0 fully saturated rings. The molecule has 23 heavy (non-hydrogen) atoms. The van der Waals surface area contributed by atoms with Gasteiger partial charge >= 0.3 is 5.97 Å². The van der Waals surface area contributed by atoms with Crippen LogP contribution in [-0.4, -0.2) is 10.5 Å². The third-order valence-corrected chi connectivity index (χ3v) is 4.40. The molecule has 0 radical (unpaired) electrons. The number of aromatic nitrogens is 1. The standard InChI is InChI=1S/C19H14ClNO2/c20-15-9-4-8-14-17(15)19(22)23-18(14)16-10-5-11-21(16)12-13-6-2-1-3-7-13/h1-11,18H,12H2. The van der Waals surface area contributed by atoms with Crippen molar-refractivity contribution in [2.24, 2.45) is 0 Å². The highest BCUT2D eigenvalue weighted by Gasteiger charge is 2.35. The Bertz CT molecular complexity index is 870. The van der Waals surface area contributed by atoms with Gasteiger partial charge in [0.2, 0.25) is 0 Å². The van der Waals surface area contributed by atoms with Gasteiger partial charge < -0.3 is 9.30 Å². The fourth-order valence-corrected chi connectivity index (χ4v) is 3.27. The van der Waals surface area contributed by atoms with Gasteiger partial charge in [-0.25, -0.2) is 4.79 Å². The molecular weight excluding hydrogens is 310 g/mol. The van der Waals surface area contributed by atoms with Crippen LogP contribution < -0.4 is 0 Å². The summed E-state index contributed by atoms with van der Waals surface area (Å²) in [4.78, 5) is 12.1. The van der Waals surface area contributed by atoms with Crippen LogP contribution in [-0.2, 0) is 11.3 Å². The van der Waals surface area contributed by atoms with Gasteiger partial charge in [-0.15, -0.1) is 0 Å². The number of hydrogen-bond donors (Lipinski definition) is 0. The van der Waals surface area contributed by atoms with Crippen LogP contribution >= 0.6 is 11.6 Å². The molecule has 3 nitrogen and oxygen atoms in total. The van der Waals surface area contributed by atoms with E-state index >= 15 is 0 Å². The third kappa shape index (κ3) is 2.43. The van der Waals surface area contributed by atoms with Crippen LogP contribution in [0.1, 0.15) is 33.3 Å². The molecule has 4 rings (SSSR count). The molecule has 1 atom stereocenters. The molecular formula is C19H14ClNO2. The number of carbonyl (C=O) groups excluding carboxylic acids is 1. The number of nitrogens with zero attached hydrogens (tertiary/aromatic N) is 1. The van der Waals surface area contributed by atoms with Gasteiger partial charge in [0.25, 0.3) is 0 Å². The van der Waals surface area contributed by atoms with Gasteiger partial charge in [0.15, 0.2) is 6.10 Å². The summed E-state index contributed by atoms with van der Waals surface area (Å²) in [6.45, 7) is 0.729. The maximum absolute atomic E-state index is 12.1. The first-order chi connectivity index (χ1) is 11.2. The summed E-state index contributed by atoms with van der Waals surface area (Å²) in [7, 11) is 0. The zero-order chi connectivity index (χ0) is 15.8. The van der Waals surface area contributed by atoms with Crippen LogP contribution in [0.3, 0.4) is 0 Å². The fourth-order valence-electron chi connectivity index (χ4n) is 3.01. The monoisotopic (exact) mass is 323 g/mol. The van der Waals surface area contributed by atoms with Crippen molar-refractivity contribution in [2.45, 2.75) is 12.6 Å². The molecule has 2 aromatic carbocycles. The maximum atomic E-state index is 12.1. The Morgan fingerprint density at radius 1 is 1.00 bits per heavy atom. The largest absolute Gasteiger partial charge is 0.447 e. The second-order valence-electron chi connectivity index (χ2n) is 5.54. The molecule has 1 aromatic heterocycles. The van der Waals surface area contributed by atoms with E-state index in [1.165, 1.54) is 5.56 Å². The smallest absolute Gasteiger partial charge is 0.341 e. The molecule has 3 aromatic rings. The number of fused-ring (bicyclic) bond motifs is 1. The van der Waals surface area contributed by atoms with E-state index in [0.29, 0.717) is 10.6 Å². The molecule has 114 valence electrons. The summed E-state index contributed by atoms with van der Waals surface area (Å²) in [5.41, 5.74) is 3.45. The molecule has 0 saturated heterocycles. The van der Waals surface area contributed by atoms with Crippen LogP contribution in [0.4, 0.5) is 0 Å². The molecule has 4 heteroatoms. The van der Waals surface area contributed by atoms with E-state index in [0.717, 1.165) is 17.8 Å². The predicted molar refractivity (Wildman–Crippen MR) is 88.7 cm³/mol. The van der Waals surface area contributed by atoms with Gasteiger partial charge in [-0.2, -0.15) is 0 Å². The van der Waals surface area contributed by atoms with E-state index < -0.39 is 6.10 Å². The van der Waals surface area contributed by atoms with E-state index in [-0.39, 0.29) is 5.97 Å². The second kappa shape index (κ2) is 5.60. The van der Waals surface area contributed by atoms with Crippen LogP contribution in [0.15, 0.2) is 66.9 Å². The van der Waals surface area contributed by atoms with E-state index in [2.05, 4.69) is 16.7 Å². The molecule has 0 amide bonds. The SMILES string of the molecule is O=C1OC(c2cccn2Cc2ccccc2)c2cccc(Cl)c21. The number of cyclic esters (lactones) is 1. The van der Waals surface area contributed by atoms with Gasteiger partial charge in [0.05, 0.1) is 16.3 Å². The number of rotatable bonds is 3. The highest BCUT2D eigenvalue weighted by molar-refractivity contribution is 6.34. The first-order valence-electron chi connectivity index (χ1n) is 7.42. The fraction of sp³-hybridized carbons (Fsp3) is 0.105. The number of hydrogen-bond acceptors (Lipinski definition) is 2. The van der Waals surface area contributed by atoms with E-state index in [1.807, 2.05) is 48.7 Å². The van der Waals surface area contributed by atoms with E-state index in [1.54, 1.807) is 6.07 Å². The third-order valence-electron chi connectivity index (χ3n) is 4.09. The maximum Gasteiger partial charge on any atom is 0.341 e. The zero-order valence-corrected chi connectivity index (χ0v) is 13.0. The second-order valence-corrected chi connectivity index (χ2v) is 5.94. The Morgan fingerprint density at radius 2 is 1.83 bits per heavy atom. The van der Waals surface area contributed by atoms with Crippen LogP contribution in [0, 0.1) is 0 Å². The van der Waals surface area contributed by atoms with Gasteiger partial charge in [-0.05, 0) is 23.8 Å². The summed E-state index contributed by atoms with van der Waals surface area (Å²) in [5, 5.41) is 0.441. The topological polar surface area (TPSA) is 31.2 Å². The van der Waals surface area contributed by atoms with Crippen molar-refractivity contribution in [3.8, 4) is 0 Å². The molecule has 1 aliphatic rings. The van der Waals surface area contributed by atoms with Crippen molar-refractivity contribution in [3.05, 3.63) is 94.3 Å². The first kappa shape index (κ1) is 14.1. The van der Waals surface area contributed by atoms with Crippen molar-refractivity contribution in [1.29, 1.82) is 0 Å². The van der Waals surface area contributed by atoms with Crippen molar-refractivity contribution >= 4 is 17.6 Å². The van der Waals surface area contributed by atoms with Crippen molar-refractivity contribution < 1.29 is 9.53 Å². The summed E-state index contributed by atoms with van der Waals surface area (Å²) < 4.78 is 7.69. The summed E-state index contributed by atoms with van der Waals surface area (Å²) >= 11 is 6.15. The zero-order valence-electron chi connectivity index (χ0n) is 12.3. The lowest BCUT2D eigenvalue weighted by Crippen LogP contribution is -2.09. The quantitative estimate of drug-likeness (QED) is 0.667. The number of benzene rings is 2. The summed E-state index contributed by atoms with van der Waals surface area (Å²) in [5.74, 6) is -0.358. The highest BCUT2D eigenvalue weighted by Crippen LogP contribution is 2.39. The Morgan fingerprint density at radius 3 is 2.65 bits per heavy atom. The Balaban J connectivity index is 1.73. The van der Waals surface area contributed by atoms with Crippen LogP contribution in [0.5, 0.6) is 0 Å². The lowest BCUT2D eigenvalue weighted by atomic mass is 10.0. The molecule has 1 aliphatic heterocycles. The molecule has 1 unspecified atom stereocenters. The van der Waals surface area contributed by atoms with Gasteiger partial charge in [0, 0.05) is 18.3 Å². The summed E-state index contributed by atoms with van der Waals surface area (Å²) in [6, 6.07) is 19.6. The average molecular weight is 324 g/mol. The summed E-state index contributed by atoms with van der Waals surface area (Å²) in [6.07, 6.45) is 1.59. The molecule has 0 spiro atoms. The van der Waals surface area contributed by atoms with Crippen LogP contribution in [0.2, 0.25) is 5.02 Å². The minimum absolute atomic E-state index is 0.358. The first-order valence-corrected chi connectivity index (χ1v) is 7.80. The Hall–Kier alpha value is -2.52. The van der Waals surface area contributed by atoms with Crippen molar-refractivity contribution in [2.75, 3.05) is 0 Å². The van der Waals surface area contributed by atoms with Gasteiger partial charge in [-0.1, -0.05) is 54.1 Å². The van der Waals surface area contributed by atoms with Crippen molar-refractivity contribution in [3.63, 3.8) is 0 Å². The normalized spacial score (nSPS) is 16.2. The number of ether oxygens (including phenoxy) is 1. The van der Waals surface area contributed by atoms with Crippen LogP contribution in [0.25, 0.3) is 0 Å². The average Bonchev–Trinajstić information content (AvgIpc) is 3.13. The molecule has 0 aliphatic carbocycles. The number of carbonyl (C=O) groups is 1. The molecule has 0 N–H and O–H groups in total. The van der Waals surface area contributed by atoms with Gasteiger partial charge in [0.1, 0.15) is 0 Å². The minimum atomic E-state index is -0.407. The van der Waals surface area contributed by atoms with Crippen molar-refractivity contribution in [1.82, 2.24) is 4.57 Å². The van der Waals surface area contributed by atoms with E-state index in [9.17, 15) is 4.79 Å². The van der Waals surface area contributed by atoms with E-state index in [4.69, 9.17) is 16.3 Å². The number of halogens is 1.